The first-order valence-corrected chi connectivity index (χ1v) is 7.40. The topological polar surface area (TPSA) is 99.1 Å². The summed E-state index contributed by atoms with van der Waals surface area (Å²) in [6.45, 7) is 4.63. The fourth-order valence-corrected chi connectivity index (χ4v) is 2.57. The molecule has 3 rings (SSSR count). The molecule has 0 fully saturated rings. The fourth-order valence-electron chi connectivity index (χ4n) is 2.57. The molecule has 118 valence electrons. The first-order chi connectivity index (χ1) is 11.1. The predicted molar refractivity (Wildman–Crippen MR) is 93.1 cm³/mol. The summed E-state index contributed by atoms with van der Waals surface area (Å²) in [7, 11) is 0. The molecule has 23 heavy (non-hydrogen) atoms. The minimum Gasteiger partial charge on any atom is -0.493 e. The van der Waals surface area contributed by atoms with Gasteiger partial charge in [-0.2, -0.15) is 4.98 Å². The molecule has 0 saturated carbocycles. The van der Waals surface area contributed by atoms with Gasteiger partial charge in [0.15, 0.2) is 5.82 Å². The van der Waals surface area contributed by atoms with Crippen LogP contribution in [0.5, 0.6) is 5.75 Å². The van der Waals surface area contributed by atoms with Crippen LogP contribution in [0.25, 0.3) is 22.0 Å². The van der Waals surface area contributed by atoms with Gasteiger partial charge in [0, 0.05) is 10.9 Å². The highest BCUT2D eigenvalue weighted by Gasteiger charge is 2.11. The van der Waals surface area contributed by atoms with Gasteiger partial charge in [-0.15, -0.1) is 0 Å². The van der Waals surface area contributed by atoms with Gasteiger partial charge in [0.2, 0.25) is 5.95 Å². The Morgan fingerprint density at radius 3 is 2.70 bits per heavy atom. The summed E-state index contributed by atoms with van der Waals surface area (Å²) >= 11 is 0. The monoisotopic (exact) mass is 309 g/mol. The molecule has 0 radical (unpaired) electrons. The van der Waals surface area contributed by atoms with Gasteiger partial charge in [-0.1, -0.05) is 17.7 Å². The van der Waals surface area contributed by atoms with Crippen LogP contribution < -0.4 is 21.7 Å². The Morgan fingerprint density at radius 1 is 1.13 bits per heavy atom. The number of nitrogens with one attached hydrogen (secondary N) is 1. The zero-order valence-electron chi connectivity index (χ0n) is 13.1. The second-order valence-electron chi connectivity index (χ2n) is 5.24. The number of benzene rings is 2. The lowest BCUT2D eigenvalue weighted by Gasteiger charge is -2.13. The molecule has 6 heteroatoms. The van der Waals surface area contributed by atoms with E-state index in [0.29, 0.717) is 12.4 Å². The van der Waals surface area contributed by atoms with E-state index in [1.165, 1.54) is 0 Å². The van der Waals surface area contributed by atoms with E-state index >= 15 is 0 Å². The van der Waals surface area contributed by atoms with Crippen LogP contribution in [0.4, 0.5) is 11.8 Å². The van der Waals surface area contributed by atoms with Crippen LogP contribution >= 0.6 is 0 Å². The Kier molecular flexibility index (Phi) is 3.99. The number of fused-ring (bicyclic) bond motifs is 1. The molecule has 5 N–H and O–H groups in total. The van der Waals surface area contributed by atoms with Crippen molar-refractivity contribution in [3.63, 3.8) is 0 Å². The molecule has 6 nitrogen and oxygen atoms in total. The lowest BCUT2D eigenvalue weighted by atomic mass is 10.0. The lowest BCUT2D eigenvalue weighted by Crippen LogP contribution is -2.11. The van der Waals surface area contributed by atoms with E-state index in [-0.39, 0.29) is 5.95 Å². The Hall–Kier alpha value is -2.86. The van der Waals surface area contributed by atoms with Gasteiger partial charge in [0.25, 0.3) is 0 Å². The average molecular weight is 309 g/mol. The van der Waals surface area contributed by atoms with Crippen molar-refractivity contribution in [2.45, 2.75) is 13.8 Å². The molecule has 0 unspecified atom stereocenters. The minimum atomic E-state index is 0.184. The normalized spacial score (nSPS) is 10.7. The molecule has 0 amide bonds. The summed E-state index contributed by atoms with van der Waals surface area (Å²) in [5.41, 5.74) is 12.2. The van der Waals surface area contributed by atoms with Crippen molar-refractivity contribution in [3.05, 3.63) is 42.0 Å². The number of hydrogen-bond donors (Lipinski definition) is 3. The van der Waals surface area contributed by atoms with Gasteiger partial charge in [-0.05, 0) is 43.7 Å². The number of aryl methyl sites for hydroxylation is 1. The van der Waals surface area contributed by atoms with Gasteiger partial charge in [0.1, 0.15) is 5.75 Å². The van der Waals surface area contributed by atoms with E-state index in [4.69, 9.17) is 16.3 Å². The SMILES string of the molecule is CCOc1ccc(C)cc1-c1ccc2nc(N)nc(NN)c2c1. The fraction of sp³-hybridized carbons (Fsp3) is 0.176. The standard InChI is InChI=1S/C17H19N5O/c1-3-23-15-7-4-10(2)8-12(15)11-5-6-14-13(9-11)16(22-19)21-17(18)20-14/h4-9H,3,19H2,1-2H3,(H3,18,20,21,22). The van der Waals surface area contributed by atoms with Gasteiger partial charge in [0.05, 0.1) is 12.1 Å². The van der Waals surface area contributed by atoms with E-state index < -0.39 is 0 Å². The number of nitrogens with zero attached hydrogens (tertiary/aromatic N) is 2. The Bertz CT molecular complexity index is 863. The Labute approximate surface area is 134 Å². The molecular weight excluding hydrogens is 290 g/mol. The molecule has 3 aromatic rings. The van der Waals surface area contributed by atoms with Crippen molar-refractivity contribution in [1.29, 1.82) is 0 Å². The number of nitrogen functional groups attached to an aromatic ring is 2. The number of hydrazine groups is 1. The average Bonchev–Trinajstić information content (AvgIpc) is 2.55. The molecule has 0 bridgehead atoms. The van der Waals surface area contributed by atoms with Crippen molar-refractivity contribution < 1.29 is 4.74 Å². The predicted octanol–water partition coefficient (Wildman–Crippen LogP) is 2.87. The maximum atomic E-state index is 5.74. The van der Waals surface area contributed by atoms with Gasteiger partial charge < -0.3 is 15.9 Å². The highest BCUT2D eigenvalue weighted by molar-refractivity contribution is 5.93. The van der Waals surface area contributed by atoms with E-state index in [1.54, 1.807) is 0 Å². The van der Waals surface area contributed by atoms with E-state index in [9.17, 15) is 0 Å². The molecule has 0 saturated heterocycles. The van der Waals surface area contributed by atoms with E-state index in [0.717, 1.165) is 33.3 Å². The molecule has 2 aromatic carbocycles. The number of rotatable bonds is 4. The summed E-state index contributed by atoms with van der Waals surface area (Å²) in [5, 5.41) is 0.808. The largest absolute Gasteiger partial charge is 0.493 e. The Balaban J connectivity index is 2.21. The summed E-state index contributed by atoms with van der Waals surface area (Å²) in [4.78, 5) is 8.37. The minimum absolute atomic E-state index is 0.184. The number of ether oxygens (including phenoxy) is 1. The van der Waals surface area contributed by atoms with Crippen LogP contribution in [0.2, 0.25) is 0 Å². The third kappa shape index (κ3) is 2.89. The summed E-state index contributed by atoms with van der Waals surface area (Å²) in [6.07, 6.45) is 0. The summed E-state index contributed by atoms with van der Waals surface area (Å²) < 4.78 is 5.74. The molecular formula is C17H19N5O. The summed E-state index contributed by atoms with van der Waals surface area (Å²) in [6, 6.07) is 12.0. The van der Waals surface area contributed by atoms with E-state index in [2.05, 4.69) is 28.4 Å². The third-order valence-electron chi connectivity index (χ3n) is 3.60. The number of nitrogens with two attached hydrogens (primary N) is 2. The lowest BCUT2D eigenvalue weighted by molar-refractivity contribution is 0.341. The van der Waals surface area contributed by atoms with Crippen molar-refractivity contribution in [1.82, 2.24) is 9.97 Å². The maximum Gasteiger partial charge on any atom is 0.222 e. The van der Waals surface area contributed by atoms with Crippen LogP contribution in [-0.4, -0.2) is 16.6 Å². The molecule has 0 aliphatic heterocycles. The quantitative estimate of drug-likeness (QED) is 0.506. The molecule has 0 atom stereocenters. The zero-order chi connectivity index (χ0) is 16.4. The molecule has 1 heterocycles. The number of hydrogen-bond acceptors (Lipinski definition) is 6. The maximum absolute atomic E-state index is 5.74. The van der Waals surface area contributed by atoms with Crippen LogP contribution in [0.3, 0.4) is 0 Å². The summed E-state index contributed by atoms with van der Waals surface area (Å²) in [5.74, 6) is 7.08. The molecule has 1 aromatic heterocycles. The third-order valence-corrected chi connectivity index (χ3v) is 3.60. The van der Waals surface area contributed by atoms with Gasteiger partial charge in [-0.25, -0.2) is 10.8 Å². The zero-order valence-corrected chi connectivity index (χ0v) is 13.1. The van der Waals surface area contributed by atoms with Gasteiger partial charge >= 0.3 is 0 Å². The number of aromatic nitrogens is 2. The first-order valence-electron chi connectivity index (χ1n) is 7.40. The highest BCUT2D eigenvalue weighted by Crippen LogP contribution is 2.34. The number of anilines is 2. The molecule has 0 aliphatic rings. The van der Waals surface area contributed by atoms with Crippen LogP contribution in [0.1, 0.15) is 12.5 Å². The molecule has 0 spiro atoms. The van der Waals surface area contributed by atoms with Crippen molar-refractivity contribution in [2.75, 3.05) is 17.8 Å². The smallest absolute Gasteiger partial charge is 0.222 e. The second kappa shape index (κ2) is 6.10. The Morgan fingerprint density at radius 2 is 1.96 bits per heavy atom. The van der Waals surface area contributed by atoms with Crippen molar-refractivity contribution >= 4 is 22.7 Å². The van der Waals surface area contributed by atoms with E-state index in [1.807, 2.05) is 37.3 Å². The van der Waals surface area contributed by atoms with Crippen molar-refractivity contribution in [3.8, 4) is 16.9 Å². The van der Waals surface area contributed by atoms with Gasteiger partial charge in [-0.3, -0.25) is 0 Å². The first kappa shape index (κ1) is 15.1. The molecule has 0 aliphatic carbocycles. The van der Waals surface area contributed by atoms with Crippen LogP contribution in [0.15, 0.2) is 36.4 Å². The van der Waals surface area contributed by atoms with Crippen LogP contribution in [-0.2, 0) is 0 Å². The van der Waals surface area contributed by atoms with Crippen molar-refractivity contribution in [2.24, 2.45) is 5.84 Å². The second-order valence-corrected chi connectivity index (χ2v) is 5.24. The van der Waals surface area contributed by atoms with Crippen LogP contribution in [0, 0.1) is 6.92 Å². The highest BCUT2D eigenvalue weighted by atomic mass is 16.5.